The average Bonchev–Trinajstić information content (AvgIpc) is 2.98. The molecule has 2 heterocycles. The van der Waals surface area contributed by atoms with Crippen LogP contribution in [0.4, 0.5) is 0 Å². The summed E-state index contributed by atoms with van der Waals surface area (Å²) in [5.41, 5.74) is 1.22. The molecule has 0 saturated carbocycles. The number of nitrogens with zero attached hydrogens (tertiary/aromatic N) is 3. The van der Waals surface area contributed by atoms with Gasteiger partial charge in [0, 0.05) is 24.5 Å². The van der Waals surface area contributed by atoms with Crippen molar-refractivity contribution in [3.05, 3.63) is 65.5 Å². The summed E-state index contributed by atoms with van der Waals surface area (Å²) >= 11 is 0. The number of likely N-dealkylation sites (tertiary alicyclic amines) is 1. The molecule has 152 valence electrons. The smallest absolute Gasteiger partial charge is 0.295 e. The maximum atomic E-state index is 12.9. The first-order valence-electron chi connectivity index (χ1n) is 9.41. The van der Waals surface area contributed by atoms with Crippen LogP contribution >= 0.6 is 0 Å². The number of aromatic nitrogens is 1. The quantitative estimate of drug-likeness (QED) is 0.441. The van der Waals surface area contributed by atoms with E-state index < -0.39 is 17.7 Å². The SMILES string of the molecule is COc1ccc(C(O)=C2C(=O)C(=O)N(CCCN(C)C)C2c2cccnc2)cc1. The summed E-state index contributed by atoms with van der Waals surface area (Å²) in [6.07, 6.45) is 3.96. The van der Waals surface area contributed by atoms with E-state index in [1.165, 1.54) is 4.90 Å². The molecule has 1 amide bonds. The van der Waals surface area contributed by atoms with E-state index in [1.807, 2.05) is 25.1 Å². The van der Waals surface area contributed by atoms with Crippen LogP contribution < -0.4 is 4.74 Å². The minimum atomic E-state index is -0.683. The highest BCUT2D eigenvalue weighted by Gasteiger charge is 2.45. The molecular weight excluding hydrogens is 370 g/mol. The third-order valence-electron chi connectivity index (χ3n) is 4.91. The fourth-order valence-electron chi connectivity index (χ4n) is 3.46. The van der Waals surface area contributed by atoms with Gasteiger partial charge in [0.2, 0.25) is 0 Å². The van der Waals surface area contributed by atoms with Crippen molar-refractivity contribution in [2.45, 2.75) is 12.5 Å². The minimum absolute atomic E-state index is 0.0815. The largest absolute Gasteiger partial charge is 0.507 e. The number of ether oxygens (including phenoxy) is 1. The van der Waals surface area contributed by atoms with Crippen molar-refractivity contribution in [2.75, 3.05) is 34.3 Å². The second-order valence-electron chi connectivity index (χ2n) is 7.16. The monoisotopic (exact) mass is 395 g/mol. The molecule has 0 bridgehead atoms. The number of amides is 1. The van der Waals surface area contributed by atoms with Gasteiger partial charge in [-0.25, -0.2) is 0 Å². The number of Topliss-reactive ketones (excluding diaryl/α,β-unsaturated/α-hetero) is 1. The van der Waals surface area contributed by atoms with Crippen LogP contribution in [0.25, 0.3) is 5.76 Å². The molecule has 1 unspecified atom stereocenters. The van der Waals surface area contributed by atoms with Crippen LogP contribution in [0.15, 0.2) is 54.4 Å². The molecular formula is C22H25N3O4. The van der Waals surface area contributed by atoms with Crippen LogP contribution in [0.1, 0.15) is 23.6 Å². The molecule has 1 aliphatic rings. The van der Waals surface area contributed by atoms with E-state index in [4.69, 9.17) is 4.74 Å². The van der Waals surface area contributed by atoms with Gasteiger partial charge in [0.1, 0.15) is 11.5 Å². The number of ketones is 1. The molecule has 1 saturated heterocycles. The summed E-state index contributed by atoms with van der Waals surface area (Å²) in [4.78, 5) is 33.3. The van der Waals surface area contributed by atoms with Gasteiger partial charge >= 0.3 is 0 Å². The Kier molecular flexibility index (Phi) is 6.29. The number of carbonyl (C=O) groups excluding carboxylic acids is 2. The van der Waals surface area contributed by atoms with Crippen LogP contribution in [-0.2, 0) is 9.59 Å². The molecule has 1 atom stereocenters. The molecule has 1 N–H and O–H groups in total. The van der Waals surface area contributed by atoms with Gasteiger partial charge in [-0.05, 0) is 63.0 Å². The van der Waals surface area contributed by atoms with Crippen molar-refractivity contribution in [3.63, 3.8) is 0 Å². The van der Waals surface area contributed by atoms with E-state index in [0.29, 0.717) is 29.8 Å². The minimum Gasteiger partial charge on any atom is -0.507 e. The third kappa shape index (κ3) is 4.30. The Balaban J connectivity index is 2.05. The number of aliphatic hydroxyl groups is 1. The zero-order valence-electron chi connectivity index (χ0n) is 16.8. The fourth-order valence-corrected chi connectivity index (χ4v) is 3.46. The van der Waals surface area contributed by atoms with Crippen molar-refractivity contribution in [2.24, 2.45) is 0 Å². The van der Waals surface area contributed by atoms with Crippen LogP contribution in [0.3, 0.4) is 0 Å². The lowest BCUT2D eigenvalue weighted by atomic mass is 9.96. The van der Waals surface area contributed by atoms with Gasteiger partial charge in [-0.1, -0.05) is 6.07 Å². The highest BCUT2D eigenvalue weighted by atomic mass is 16.5. The maximum Gasteiger partial charge on any atom is 0.295 e. The molecule has 7 nitrogen and oxygen atoms in total. The second-order valence-corrected chi connectivity index (χ2v) is 7.16. The number of carbonyl (C=O) groups is 2. The number of methoxy groups -OCH3 is 1. The van der Waals surface area contributed by atoms with Crippen molar-refractivity contribution < 1.29 is 19.4 Å². The number of rotatable bonds is 7. The Hall–Kier alpha value is -3.19. The number of hydrogen-bond acceptors (Lipinski definition) is 6. The second kappa shape index (κ2) is 8.87. The molecule has 1 aliphatic heterocycles. The standard InChI is InChI=1S/C22H25N3O4/c1-24(2)12-5-13-25-19(16-6-4-11-23-14-16)18(21(27)22(25)28)20(26)15-7-9-17(29-3)10-8-15/h4,6-11,14,19,26H,5,12-13H2,1-3H3. The van der Waals surface area contributed by atoms with Gasteiger partial charge in [0.15, 0.2) is 0 Å². The first kappa shape index (κ1) is 20.5. The molecule has 1 aromatic heterocycles. The van der Waals surface area contributed by atoms with Crippen LogP contribution in [0.2, 0.25) is 0 Å². The number of pyridine rings is 1. The molecule has 0 radical (unpaired) electrons. The summed E-state index contributed by atoms with van der Waals surface area (Å²) in [6.45, 7) is 1.18. The number of hydrogen-bond donors (Lipinski definition) is 1. The van der Waals surface area contributed by atoms with E-state index >= 15 is 0 Å². The lowest BCUT2D eigenvalue weighted by Crippen LogP contribution is -2.32. The highest BCUT2D eigenvalue weighted by Crippen LogP contribution is 2.39. The van der Waals surface area contributed by atoms with E-state index in [0.717, 1.165) is 6.54 Å². The van der Waals surface area contributed by atoms with Gasteiger partial charge in [-0.15, -0.1) is 0 Å². The molecule has 3 rings (SSSR count). The molecule has 7 heteroatoms. The Morgan fingerprint density at radius 1 is 1.21 bits per heavy atom. The molecule has 1 aromatic carbocycles. The Morgan fingerprint density at radius 2 is 1.93 bits per heavy atom. The van der Waals surface area contributed by atoms with Crippen LogP contribution in [0.5, 0.6) is 5.75 Å². The third-order valence-corrected chi connectivity index (χ3v) is 4.91. The zero-order valence-corrected chi connectivity index (χ0v) is 16.8. The van der Waals surface area contributed by atoms with Gasteiger partial charge in [-0.3, -0.25) is 14.6 Å². The number of benzene rings is 1. The fraction of sp³-hybridized carbons (Fsp3) is 0.318. The summed E-state index contributed by atoms with van der Waals surface area (Å²) in [5.74, 6) is -0.853. The predicted octanol–water partition coefficient (Wildman–Crippen LogP) is 2.46. The first-order chi connectivity index (χ1) is 13.9. The zero-order chi connectivity index (χ0) is 21.0. The molecule has 29 heavy (non-hydrogen) atoms. The van der Waals surface area contributed by atoms with Crippen molar-refractivity contribution in [1.29, 1.82) is 0 Å². The molecule has 0 aliphatic carbocycles. The van der Waals surface area contributed by atoms with E-state index in [-0.39, 0.29) is 11.3 Å². The van der Waals surface area contributed by atoms with Gasteiger partial charge in [0.05, 0.1) is 18.7 Å². The van der Waals surface area contributed by atoms with Crippen LogP contribution in [0, 0.1) is 0 Å². The number of aliphatic hydroxyl groups excluding tert-OH is 1. The molecule has 1 fully saturated rings. The summed E-state index contributed by atoms with van der Waals surface area (Å²) in [6, 6.07) is 9.60. The van der Waals surface area contributed by atoms with Crippen molar-refractivity contribution in [1.82, 2.24) is 14.8 Å². The van der Waals surface area contributed by atoms with Gasteiger partial charge in [-0.2, -0.15) is 0 Å². The Bertz CT molecular complexity index is 907. The summed E-state index contributed by atoms with van der Waals surface area (Å²) in [7, 11) is 5.46. The maximum absolute atomic E-state index is 12.9. The van der Waals surface area contributed by atoms with Crippen molar-refractivity contribution in [3.8, 4) is 5.75 Å². The molecule has 2 aromatic rings. The Morgan fingerprint density at radius 3 is 2.52 bits per heavy atom. The lowest BCUT2D eigenvalue weighted by molar-refractivity contribution is -0.139. The molecule has 0 spiro atoms. The van der Waals surface area contributed by atoms with E-state index in [2.05, 4.69) is 4.98 Å². The highest BCUT2D eigenvalue weighted by molar-refractivity contribution is 6.46. The lowest BCUT2D eigenvalue weighted by Gasteiger charge is -2.25. The van der Waals surface area contributed by atoms with Crippen LogP contribution in [-0.4, -0.2) is 65.9 Å². The normalized spacial score (nSPS) is 18.5. The predicted molar refractivity (Wildman–Crippen MR) is 109 cm³/mol. The summed E-state index contributed by atoms with van der Waals surface area (Å²) in [5, 5.41) is 10.9. The van der Waals surface area contributed by atoms with E-state index in [1.54, 1.807) is 49.8 Å². The van der Waals surface area contributed by atoms with Crippen molar-refractivity contribution >= 4 is 17.4 Å². The van der Waals surface area contributed by atoms with Gasteiger partial charge in [0.25, 0.3) is 11.7 Å². The average molecular weight is 395 g/mol. The van der Waals surface area contributed by atoms with Gasteiger partial charge < -0.3 is 19.6 Å². The topological polar surface area (TPSA) is 83.0 Å². The summed E-state index contributed by atoms with van der Waals surface area (Å²) < 4.78 is 5.14. The first-order valence-corrected chi connectivity index (χ1v) is 9.41. The Labute approximate surface area is 170 Å². The van der Waals surface area contributed by atoms with E-state index in [9.17, 15) is 14.7 Å².